The first-order valence-corrected chi connectivity index (χ1v) is 12.3. The number of amides is 1. The average Bonchev–Trinajstić information content (AvgIpc) is 2.94. The molecule has 2 aromatic carbocycles. The number of benzene rings is 2. The monoisotopic (exact) mass is 489 g/mol. The predicted molar refractivity (Wildman–Crippen MR) is 134 cm³/mol. The standard InChI is InChI=1S/C28H31N3O5/c32-19-20-3-5-21(6-4-20)26-16-25(18-31-12-14-34-15-13-31)35-28(36-26)22-7-9-24(10-8-22)30-27(33)23-2-1-11-29-17-23/h1-11,17,25-26,28,32H,12-16,18-19H2,(H,30,33)/t25-,26+,28+/m1/s1. The molecule has 0 bridgehead atoms. The third-order valence-electron chi connectivity index (χ3n) is 6.54. The summed E-state index contributed by atoms with van der Waals surface area (Å²) >= 11 is 0. The summed E-state index contributed by atoms with van der Waals surface area (Å²) in [6.07, 6.45) is 3.24. The van der Waals surface area contributed by atoms with Crippen molar-refractivity contribution < 1.29 is 24.1 Å². The van der Waals surface area contributed by atoms with Crippen LogP contribution in [0.4, 0.5) is 5.69 Å². The molecule has 2 N–H and O–H groups in total. The molecule has 3 aromatic rings. The van der Waals surface area contributed by atoms with Crippen molar-refractivity contribution in [1.82, 2.24) is 9.88 Å². The van der Waals surface area contributed by atoms with E-state index in [0.717, 1.165) is 56.0 Å². The Balaban J connectivity index is 1.30. The number of hydrogen-bond acceptors (Lipinski definition) is 7. The molecule has 0 aliphatic carbocycles. The summed E-state index contributed by atoms with van der Waals surface area (Å²) in [7, 11) is 0. The number of aliphatic hydroxyl groups is 1. The molecule has 8 heteroatoms. The van der Waals surface area contributed by atoms with Crippen LogP contribution in [0, 0.1) is 0 Å². The second-order valence-electron chi connectivity index (χ2n) is 9.08. The zero-order valence-corrected chi connectivity index (χ0v) is 20.1. The van der Waals surface area contributed by atoms with E-state index in [0.29, 0.717) is 11.3 Å². The predicted octanol–water partition coefficient (Wildman–Crippen LogP) is 3.70. The lowest BCUT2D eigenvalue weighted by Crippen LogP contribution is -2.44. The number of rotatable bonds is 7. The molecule has 1 amide bonds. The molecule has 0 unspecified atom stereocenters. The Morgan fingerprint density at radius 2 is 1.75 bits per heavy atom. The third-order valence-corrected chi connectivity index (χ3v) is 6.54. The summed E-state index contributed by atoms with van der Waals surface area (Å²) < 4.78 is 18.3. The summed E-state index contributed by atoms with van der Waals surface area (Å²) in [6, 6.07) is 18.9. The highest BCUT2D eigenvalue weighted by Crippen LogP contribution is 2.38. The van der Waals surface area contributed by atoms with Gasteiger partial charge in [0.05, 0.1) is 37.6 Å². The quantitative estimate of drug-likeness (QED) is 0.523. The number of aliphatic hydroxyl groups excluding tert-OH is 1. The number of nitrogens with zero attached hydrogens (tertiary/aromatic N) is 2. The molecular weight excluding hydrogens is 458 g/mol. The summed E-state index contributed by atoms with van der Waals surface area (Å²) in [5.74, 6) is -0.210. The lowest BCUT2D eigenvalue weighted by atomic mass is 9.99. The summed E-state index contributed by atoms with van der Waals surface area (Å²) in [4.78, 5) is 18.8. The molecule has 5 rings (SSSR count). The van der Waals surface area contributed by atoms with Crippen molar-refractivity contribution in [1.29, 1.82) is 0 Å². The zero-order valence-electron chi connectivity index (χ0n) is 20.1. The highest BCUT2D eigenvalue weighted by Gasteiger charge is 2.33. The van der Waals surface area contributed by atoms with E-state index in [-0.39, 0.29) is 24.7 Å². The first kappa shape index (κ1) is 24.5. The number of nitrogens with one attached hydrogen (secondary N) is 1. The SMILES string of the molecule is O=C(Nc1ccc([C@H]2O[C@@H](CN3CCOCC3)C[C@@H](c3ccc(CO)cc3)O2)cc1)c1cccnc1. The Bertz CT molecular complexity index is 1120. The highest BCUT2D eigenvalue weighted by molar-refractivity contribution is 6.03. The Morgan fingerprint density at radius 3 is 2.44 bits per heavy atom. The molecule has 2 saturated heterocycles. The van der Waals surface area contributed by atoms with Crippen LogP contribution in [0.25, 0.3) is 0 Å². The molecule has 0 radical (unpaired) electrons. The normalized spacial score (nSPS) is 22.8. The summed E-state index contributed by atoms with van der Waals surface area (Å²) in [5.41, 5.74) is 4.01. The van der Waals surface area contributed by atoms with Crippen LogP contribution in [0.1, 0.15) is 45.9 Å². The van der Waals surface area contributed by atoms with Crippen LogP contribution in [0.5, 0.6) is 0 Å². The Kier molecular flexibility index (Phi) is 8.00. The van der Waals surface area contributed by atoms with E-state index in [1.54, 1.807) is 18.3 Å². The number of aromatic nitrogens is 1. The Hall–Kier alpha value is -3.14. The van der Waals surface area contributed by atoms with Crippen molar-refractivity contribution in [2.45, 2.75) is 31.5 Å². The van der Waals surface area contributed by atoms with Crippen molar-refractivity contribution >= 4 is 11.6 Å². The number of carbonyl (C=O) groups excluding carboxylic acids is 1. The van der Waals surface area contributed by atoms with Gasteiger partial charge in [0.1, 0.15) is 0 Å². The van der Waals surface area contributed by atoms with E-state index in [1.807, 2.05) is 48.5 Å². The van der Waals surface area contributed by atoms with Gasteiger partial charge in [-0.2, -0.15) is 0 Å². The van der Waals surface area contributed by atoms with Gasteiger partial charge < -0.3 is 24.6 Å². The fraction of sp³-hybridized carbons (Fsp3) is 0.357. The van der Waals surface area contributed by atoms with Gasteiger partial charge in [-0.1, -0.05) is 36.4 Å². The van der Waals surface area contributed by atoms with E-state index in [2.05, 4.69) is 15.2 Å². The van der Waals surface area contributed by atoms with Gasteiger partial charge in [-0.15, -0.1) is 0 Å². The van der Waals surface area contributed by atoms with Crippen molar-refractivity contribution in [3.8, 4) is 0 Å². The maximum absolute atomic E-state index is 12.4. The van der Waals surface area contributed by atoms with Crippen molar-refractivity contribution in [3.63, 3.8) is 0 Å². The fourth-order valence-corrected chi connectivity index (χ4v) is 4.53. The minimum absolute atomic E-state index is 0.00525. The van der Waals surface area contributed by atoms with Gasteiger partial charge in [-0.05, 0) is 35.4 Å². The molecule has 2 fully saturated rings. The number of ether oxygens (including phenoxy) is 3. The Labute approximate surface area is 210 Å². The summed E-state index contributed by atoms with van der Waals surface area (Å²) in [5, 5.41) is 12.3. The molecule has 2 aliphatic heterocycles. The first-order chi connectivity index (χ1) is 17.7. The van der Waals surface area contributed by atoms with Crippen LogP contribution in [-0.4, -0.2) is 59.8 Å². The van der Waals surface area contributed by atoms with Gasteiger partial charge in [0.15, 0.2) is 6.29 Å². The van der Waals surface area contributed by atoms with Crippen LogP contribution in [-0.2, 0) is 20.8 Å². The van der Waals surface area contributed by atoms with Gasteiger partial charge in [-0.25, -0.2) is 0 Å². The minimum atomic E-state index is -0.532. The Morgan fingerprint density at radius 1 is 1.00 bits per heavy atom. The largest absolute Gasteiger partial charge is 0.392 e. The molecule has 8 nitrogen and oxygen atoms in total. The molecule has 1 aromatic heterocycles. The maximum atomic E-state index is 12.4. The van der Waals surface area contributed by atoms with Crippen molar-refractivity contribution in [3.05, 3.63) is 95.3 Å². The molecule has 0 saturated carbocycles. The van der Waals surface area contributed by atoms with Gasteiger partial charge in [0.2, 0.25) is 0 Å². The lowest BCUT2D eigenvalue weighted by molar-refractivity contribution is -0.253. The smallest absolute Gasteiger partial charge is 0.257 e. The molecule has 36 heavy (non-hydrogen) atoms. The second kappa shape index (κ2) is 11.7. The van der Waals surface area contributed by atoms with E-state index in [4.69, 9.17) is 14.2 Å². The van der Waals surface area contributed by atoms with Crippen LogP contribution in [0.3, 0.4) is 0 Å². The van der Waals surface area contributed by atoms with Gasteiger partial charge in [0.25, 0.3) is 5.91 Å². The minimum Gasteiger partial charge on any atom is -0.392 e. The van der Waals surface area contributed by atoms with Crippen LogP contribution in [0.15, 0.2) is 73.1 Å². The first-order valence-electron chi connectivity index (χ1n) is 12.3. The number of hydrogen-bond donors (Lipinski definition) is 2. The molecule has 188 valence electrons. The molecule has 0 spiro atoms. The van der Waals surface area contributed by atoms with Gasteiger partial charge in [-0.3, -0.25) is 14.7 Å². The van der Waals surface area contributed by atoms with Crippen LogP contribution in [0.2, 0.25) is 0 Å². The summed E-state index contributed by atoms with van der Waals surface area (Å²) in [6.45, 7) is 4.10. The molecule has 3 heterocycles. The maximum Gasteiger partial charge on any atom is 0.257 e. The second-order valence-corrected chi connectivity index (χ2v) is 9.08. The molecule has 3 atom stereocenters. The van der Waals surface area contributed by atoms with E-state index in [1.165, 1.54) is 6.20 Å². The van der Waals surface area contributed by atoms with E-state index in [9.17, 15) is 9.90 Å². The third kappa shape index (κ3) is 6.16. The number of pyridine rings is 1. The number of morpholine rings is 1. The van der Waals surface area contributed by atoms with Crippen molar-refractivity contribution in [2.24, 2.45) is 0 Å². The van der Waals surface area contributed by atoms with Crippen molar-refractivity contribution in [2.75, 3.05) is 38.2 Å². The highest BCUT2D eigenvalue weighted by atomic mass is 16.7. The average molecular weight is 490 g/mol. The van der Waals surface area contributed by atoms with Gasteiger partial charge >= 0.3 is 0 Å². The molecular formula is C28H31N3O5. The number of carbonyl (C=O) groups is 1. The zero-order chi connectivity index (χ0) is 24.7. The number of anilines is 1. The van der Waals surface area contributed by atoms with Crippen LogP contribution < -0.4 is 5.32 Å². The lowest BCUT2D eigenvalue weighted by Gasteiger charge is -2.39. The van der Waals surface area contributed by atoms with Crippen LogP contribution >= 0.6 is 0 Å². The fourth-order valence-electron chi connectivity index (χ4n) is 4.53. The topological polar surface area (TPSA) is 93.2 Å². The van der Waals surface area contributed by atoms with E-state index < -0.39 is 6.29 Å². The van der Waals surface area contributed by atoms with E-state index >= 15 is 0 Å². The molecule has 2 aliphatic rings. The van der Waals surface area contributed by atoms with Gasteiger partial charge in [0, 0.05) is 49.7 Å².